The molecule has 3 atom stereocenters. The first kappa shape index (κ1) is 28.1. The van der Waals surface area contributed by atoms with E-state index in [0.717, 1.165) is 30.4 Å². The van der Waals surface area contributed by atoms with Gasteiger partial charge in [0.05, 0.1) is 6.04 Å². The lowest BCUT2D eigenvalue weighted by molar-refractivity contribution is -0.141. The maximum absolute atomic E-state index is 13.4. The Labute approximate surface area is 209 Å². The van der Waals surface area contributed by atoms with Crippen LogP contribution in [0.5, 0.6) is 0 Å². The lowest BCUT2D eigenvalue weighted by Gasteiger charge is -2.31. The fourth-order valence-electron chi connectivity index (χ4n) is 3.92. The molecule has 0 aliphatic heterocycles. The normalized spacial score (nSPS) is 13.4. The second kappa shape index (κ2) is 14.9. The average molecular weight is 481 g/mol. The molecular weight excluding hydrogens is 440 g/mol. The molecule has 3 N–H and O–H groups in total. The van der Waals surface area contributed by atoms with Gasteiger partial charge in [0, 0.05) is 20.0 Å². The number of carbonyl (C=O) groups is 3. The first-order valence-electron chi connectivity index (χ1n) is 12.5. The fraction of sp³-hybridized carbons (Fsp3) is 0.464. The van der Waals surface area contributed by atoms with E-state index in [1.54, 1.807) is 21.0 Å². The van der Waals surface area contributed by atoms with Gasteiger partial charge in [-0.2, -0.15) is 0 Å². The molecule has 2 rings (SSSR count). The molecule has 0 unspecified atom stereocenters. The van der Waals surface area contributed by atoms with Gasteiger partial charge in [0.2, 0.25) is 17.7 Å². The number of hydrogen-bond donors (Lipinski definition) is 3. The van der Waals surface area contributed by atoms with Gasteiger partial charge in [-0.05, 0) is 37.9 Å². The summed E-state index contributed by atoms with van der Waals surface area (Å²) in [7, 11) is 3.40. The number of amides is 3. The Hall–Kier alpha value is -3.19. The summed E-state index contributed by atoms with van der Waals surface area (Å²) in [5.74, 6) is -0.751. The summed E-state index contributed by atoms with van der Waals surface area (Å²) in [5.41, 5.74) is 1.97. The van der Waals surface area contributed by atoms with Crippen LogP contribution in [-0.4, -0.2) is 61.4 Å². The fourth-order valence-corrected chi connectivity index (χ4v) is 3.92. The predicted molar refractivity (Wildman–Crippen MR) is 140 cm³/mol. The molecule has 7 nitrogen and oxygen atoms in total. The van der Waals surface area contributed by atoms with E-state index in [-0.39, 0.29) is 17.7 Å². The molecule has 0 radical (unpaired) electrons. The molecule has 0 aromatic heterocycles. The highest BCUT2D eigenvalue weighted by atomic mass is 16.2. The zero-order valence-corrected chi connectivity index (χ0v) is 21.4. The Balaban J connectivity index is 2.13. The van der Waals surface area contributed by atoms with Crippen molar-refractivity contribution in [1.82, 2.24) is 20.9 Å². The number of nitrogens with zero attached hydrogens (tertiary/aromatic N) is 1. The third-order valence-corrected chi connectivity index (χ3v) is 6.15. The van der Waals surface area contributed by atoms with E-state index >= 15 is 0 Å². The average Bonchev–Trinajstić information content (AvgIpc) is 2.88. The van der Waals surface area contributed by atoms with Crippen LogP contribution in [0.15, 0.2) is 60.7 Å². The molecule has 35 heavy (non-hydrogen) atoms. The first-order valence-corrected chi connectivity index (χ1v) is 12.5. The summed E-state index contributed by atoms with van der Waals surface area (Å²) >= 11 is 0. The molecule has 0 aliphatic rings. The minimum absolute atomic E-state index is 0.177. The van der Waals surface area contributed by atoms with Crippen molar-refractivity contribution in [3.63, 3.8) is 0 Å². The van der Waals surface area contributed by atoms with Gasteiger partial charge in [0.1, 0.15) is 12.1 Å². The van der Waals surface area contributed by atoms with Crippen molar-refractivity contribution in [2.24, 2.45) is 0 Å². The highest BCUT2D eigenvalue weighted by Gasteiger charge is 2.32. The number of likely N-dealkylation sites (N-methyl/N-ethyl adjacent to an activating group) is 2. The van der Waals surface area contributed by atoms with E-state index in [1.165, 1.54) is 4.90 Å². The Morgan fingerprint density at radius 3 is 1.97 bits per heavy atom. The Bertz CT molecular complexity index is 920. The SMILES string of the molecule is CCCCCNC(=O)[C@H](C)NC(=O)[C@H](Cc1ccccc1)N(C)C(=O)[C@H](Cc1ccccc1)NC. The smallest absolute Gasteiger partial charge is 0.243 e. The van der Waals surface area contributed by atoms with Crippen LogP contribution in [0.25, 0.3) is 0 Å². The first-order chi connectivity index (χ1) is 16.9. The van der Waals surface area contributed by atoms with Gasteiger partial charge in [0.25, 0.3) is 0 Å². The summed E-state index contributed by atoms with van der Waals surface area (Å²) in [5, 5.41) is 8.79. The Kier molecular flexibility index (Phi) is 12.0. The summed E-state index contributed by atoms with van der Waals surface area (Å²) < 4.78 is 0. The molecule has 2 aromatic rings. The number of rotatable bonds is 14. The van der Waals surface area contributed by atoms with Crippen LogP contribution in [0.2, 0.25) is 0 Å². The van der Waals surface area contributed by atoms with Crippen molar-refractivity contribution in [2.45, 2.75) is 64.1 Å². The van der Waals surface area contributed by atoms with Gasteiger partial charge in [-0.1, -0.05) is 80.4 Å². The van der Waals surface area contributed by atoms with E-state index in [2.05, 4.69) is 22.9 Å². The molecule has 2 aromatic carbocycles. The van der Waals surface area contributed by atoms with Gasteiger partial charge >= 0.3 is 0 Å². The van der Waals surface area contributed by atoms with Crippen LogP contribution in [0.1, 0.15) is 44.2 Å². The molecule has 0 saturated heterocycles. The van der Waals surface area contributed by atoms with E-state index in [9.17, 15) is 14.4 Å². The Morgan fingerprint density at radius 2 is 1.43 bits per heavy atom. The van der Waals surface area contributed by atoms with Gasteiger partial charge in [0.15, 0.2) is 0 Å². The highest BCUT2D eigenvalue weighted by Crippen LogP contribution is 2.12. The van der Waals surface area contributed by atoms with E-state index < -0.39 is 18.1 Å². The van der Waals surface area contributed by atoms with Crippen LogP contribution < -0.4 is 16.0 Å². The lowest BCUT2D eigenvalue weighted by atomic mass is 10.0. The van der Waals surface area contributed by atoms with Gasteiger partial charge in [-0.3, -0.25) is 14.4 Å². The standard InChI is InChI=1S/C28H40N4O3/c1-5-6-13-18-30-26(33)21(2)31-27(34)25(20-23-16-11-8-12-17-23)32(4)28(35)24(29-3)19-22-14-9-7-10-15-22/h7-12,14-17,21,24-25,29H,5-6,13,18-20H2,1-4H3,(H,30,33)(H,31,34)/t21-,24-,25-/m0/s1. The second-order valence-corrected chi connectivity index (χ2v) is 8.91. The maximum Gasteiger partial charge on any atom is 0.243 e. The second-order valence-electron chi connectivity index (χ2n) is 8.91. The van der Waals surface area contributed by atoms with Gasteiger partial charge < -0.3 is 20.9 Å². The molecule has 0 heterocycles. The number of carbonyl (C=O) groups excluding carboxylic acids is 3. The van der Waals surface area contributed by atoms with Crippen molar-refractivity contribution in [2.75, 3.05) is 20.6 Å². The summed E-state index contributed by atoms with van der Waals surface area (Å²) in [4.78, 5) is 40.8. The molecule has 3 amide bonds. The van der Waals surface area contributed by atoms with Crippen LogP contribution in [-0.2, 0) is 27.2 Å². The maximum atomic E-state index is 13.4. The molecule has 190 valence electrons. The highest BCUT2D eigenvalue weighted by molar-refractivity contribution is 5.93. The van der Waals surface area contributed by atoms with Crippen molar-refractivity contribution < 1.29 is 14.4 Å². The number of benzene rings is 2. The zero-order chi connectivity index (χ0) is 25.6. The van der Waals surface area contributed by atoms with Crippen LogP contribution in [0.4, 0.5) is 0 Å². The summed E-state index contributed by atoms with van der Waals surface area (Å²) in [6.45, 7) is 4.36. The van der Waals surface area contributed by atoms with Gasteiger partial charge in [-0.15, -0.1) is 0 Å². The molecule has 0 aliphatic carbocycles. The topological polar surface area (TPSA) is 90.5 Å². The van der Waals surface area contributed by atoms with Gasteiger partial charge in [-0.25, -0.2) is 0 Å². The van der Waals surface area contributed by atoms with E-state index in [1.807, 2.05) is 60.7 Å². The third-order valence-electron chi connectivity index (χ3n) is 6.15. The quantitative estimate of drug-likeness (QED) is 0.363. The minimum atomic E-state index is -0.758. The lowest BCUT2D eigenvalue weighted by Crippen LogP contribution is -2.56. The van der Waals surface area contributed by atoms with Crippen LogP contribution in [0, 0.1) is 0 Å². The van der Waals surface area contributed by atoms with Crippen molar-refractivity contribution in [3.05, 3.63) is 71.8 Å². The zero-order valence-electron chi connectivity index (χ0n) is 21.4. The third kappa shape index (κ3) is 9.17. The van der Waals surface area contributed by atoms with Crippen LogP contribution >= 0.6 is 0 Å². The summed E-state index contributed by atoms with van der Waals surface area (Å²) in [6.07, 6.45) is 3.88. The number of nitrogens with one attached hydrogen (secondary N) is 3. The molecule has 0 spiro atoms. The van der Waals surface area contributed by atoms with Crippen molar-refractivity contribution >= 4 is 17.7 Å². The Morgan fingerprint density at radius 1 is 0.857 bits per heavy atom. The summed E-state index contributed by atoms with van der Waals surface area (Å²) in [6, 6.07) is 17.4. The largest absolute Gasteiger partial charge is 0.354 e. The predicted octanol–water partition coefficient (Wildman–Crippen LogP) is 2.70. The number of hydrogen-bond acceptors (Lipinski definition) is 4. The molecule has 0 fully saturated rings. The number of unbranched alkanes of at least 4 members (excludes halogenated alkanes) is 2. The monoisotopic (exact) mass is 480 g/mol. The minimum Gasteiger partial charge on any atom is -0.354 e. The van der Waals surface area contributed by atoms with E-state index in [0.29, 0.717) is 19.4 Å². The molecule has 0 bridgehead atoms. The molecular formula is C28H40N4O3. The molecule has 7 heteroatoms. The van der Waals surface area contributed by atoms with E-state index in [4.69, 9.17) is 0 Å². The molecule has 0 saturated carbocycles. The van der Waals surface area contributed by atoms with Crippen molar-refractivity contribution in [1.29, 1.82) is 0 Å². The van der Waals surface area contributed by atoms with Crippen molar-refractivity contribution in [3.8, 4) is 0 Å². The van der Waals surface area contributed by atoms with Crippen LogP contribution in [0.3, 0.4) is 0 Å².